The molecule has 1 aromatic heterocycles. The van der Waals surface area contributed by atoms with Gasteiger partial charge in [0.05, 0.1) is 5.69 Å². The van der Waals surface area contributed by atoms with E-state index in [0.29, 0.717) is 5.92 Å². The Kier molecular flexibility index (Phi) is 2.87. The molecular formula is C11H19N3. The zero-order valence-electron chi connectivity index (χ0n) is 9.03. The fourth-order valence-corrected chi connectivity index (χ4v) is 1.51. The van der Waals surface area contributed by atoms with Gasteiger partial charge in [-0.2, -0.15) is 5.10 Å². The van der Waals surface area contributed by atoms with Gasteiger partial charge >= 0.3 is 0 Å². The van der Waals surface area contributed by atoms with Crippen LogP contribution >= 0.6 is 0 Å². The molecule has 1 aliphatic rings. The number of aromatic nitrogens is 2. The molecule has 0 aromatic carbocycles. The van der Waals surface area contributed by atoms with Crippen LogP contribution in [0.3, 0.4) is 0 Å². The fraction of sp³-hybridized carbons (Fsp3) is 0.727. The topological polar surface area (TPSA) is 29.9 Å². The molecule has 1 N–H and O–H groups in total. The number of nitrogens with one attached hydrogen (secondary N) is 1. The Balaban J connectivity index is 1.81. The third-order valence-electron chi connectivity index (χ3n) is 2.40. The summed E-state index contributed by atoms with van der Waals surface area (Å²) in [5, 5.41) is 7.97. The maximum Gasteiger partial charge on any atom is 0.0762 e. The predicted octanol–water partition coefficient (Wildman–Crippen LogP) is 1.79. The highest BCUT2D eigenvalue weighted by atomic mass is 15.3. The van der Waals surface area contributed by atoms with Crippen molar-refractivity contribution in [1.82, 2.24) is 15.1 Å². The van der Waals surface area contributed by atoms with Gasteiger partial charge in [0.1, 0.15) is 0 Å². The van der Waals surface area contributed by atoms with Gasteiger partial charge in [0.15, 0.2) is 0 Å². The van der Waals surface area contributed by atoms with Crippen molar-refractivity contribution in [3.8, 4) is 0 Å². The molecule has 3 heteroatoms. The molecular weight excluding hydrogens is 174 g/mol. The first kappa shape index (κ1) is 9.71. The van der Waals surface area contributed by atoms with Crippen molar-refractivity contribution in [2.24, 2.45) is 5.92 Å². The van der Waals surface area contributed by atoms with E-state index in [4.69, 9.17) is 0 Å². The van der Waals surface area contributed by atoms with Crippen molar-refractivity contribution in [3.63, 3.8) is 0 Å². The summed E-state index contributed by atoms with van der Waals surface area (Å²) < 4.78 is 2.04. The lowest BCUT2D eigenvalue weighted by Gasteiger charge is -2.04. The normalized spacial score (nSPS) is 16.5. The van der Waals surface area contributed by atoms with Gasteiger partial charge < -0.3 is 5.32 Å². The molecule has 0 bridgehead atoms. The molecule has 14 heavy (non-hydrogen) atoms. The molecule has 1 aliphatic carbocycles. The molecule has 1 aromatic rings. The standard InChI is InChI=1S/C11H19N3/c1-9(2)8-14-6-5-11(13-14)7-12-10-3-4-10/h5-6,9-10,12H,3-4,7-8H2,1-2H3. The van der Waals surface area contributed by atoms with Crippen LogP contribution in [0.25, 0.3) is 0 Å². The summed E-state index contributed by atoms with van der Waals surface area (Å²) in [4.78, 5) is 0. The van der Waals surface area contributed by atoms with Gasteiger partial charge in [-0.1, -0.05) is 13.8 Å². The number of hydrogen-bond donors (Lipinski definition) is 1. The van der Waals surface area contributed by atoms with Crippen molar-refractivity contribution in [2.45, 2.75) is 45.8 Å². The van der Waals surface area contributed by atoms with E-state index < -0.39 is 0 Å². The van der Waals surface area contributed by atoms with Gasteiger partial charge in [-0.3, -0.25) is 4.68 Å². The van der Waals surface area contributed by atoms with Gasteiger partial charge in [0.2, 0.25) is 0 Å². The van der Waals surface area contributed by atoms with Crippen molar-refractivity contribution in [3.05, 3.63) is 18.0 Å². The largest absolute Gasteiger partial charge is 0.308 e. The van der Waals surface area contributed by atoms with Crippen LogP contribution < -0.4 is 5.32 Å². The summed E-state index contributed by atoms with van der Waals surface area (Å²) >= 11 is 0. The molecule has 0 spiro atoms. The van der Waals surface area contributed by atoms with Crippen LogP contribution in [0, 0.1) is 5.92 Å². The molecule has 0 amide bonds. The van der Waals surface area contributed by atoms with Crippen molar-refractivity contribution >= 4 is 0 Å². The predicted molar refractivity (Wildman–Crippen MR) is 56.9 cm³/mol. The molecule has 0 atom stereocenters. The average molecular weight is 193 g/mol. The van der Waals surface area contributed by atoms with Crippen molar-refractivity contribution in [2.75, 3.05) is 0 Å². The fourth-order valence-electron chi connectivity index (χ4n) is 1.51. The SMILES string of the molecule is CC(C)Cn1ccc(CNC2CC2)n1. The Morgan fingerprint density at radius 1 is 1.57 bits per heavy atom. The van der Waals surface area contributed by atoms with E-state index in [9.17, 15) is 0 Å². The monoisotopic (exact) mass is 193 g/mol. The highest BCUT2D eigenvalue weighted by molar-refractivity contribution is 4.99. The summed E-state index contributed by atoms with van der Waals surface area (Å²) in [5.74, 6) is 0.666. The van der Waals surface area contributed by atoms with Crippen LogP contribution in [-0.2, 0) is 13.1 Å². The molecule has 78 valence electrons. The molecule has 0 unspecified atom stereocenters. The minimum absolute atomic E-state index is 0.666. The quantitative estimate of drug-likeness (QED) is 0.772. The number of rotatable bonds is 5. The first-order valence-corrected chi connectivity index (χ1v) is 5.50. The lowest BCUT2D eigenvalue weighted by Crippen LogP contribution is -2.16. The highest BCUT2D eigenvalue weighted by Crippen LogP contribution is 2.18. The highest BCUT2D eigenvalue weighted by Gasteiger charge is 2.20. The third kappa shape index (κ3) is 2.84. The zero-order valence-corrected chi connectivity index (χ0v) is 9.03. The van der Waals surface area contributed by atoms with E-state index >= 15 is 0 Å². The Hall–Kier alpha value is -0.830. The molecule has 1 saturated carbocycles. The van der Waals surface area contributed by atoms with Gasteiger partial charge in [-0.25, -0.2) is 0 Å². The minimum Gasteiger partial charge on any atom is -0.308 e. The van der Waals surface area contributed by atoms with Crippen molar-refractivity contribution in [1.29, 1.82) is 0 Å². The maximum absolute atomic E-state index is 4.50. The van der Waals surface area contributed by atoms with Gasteiger partial charge in [-0.05, 0) is 24.8 Å². The van der Waals surface area contributed by atoms with Crippen LogP contribution in [0.15, 0.2) is 12.3 Å². The summed E-state index contributed by atoms with van der Waals surface area (Å²) in [7, 11) is 0. The second-order valence-corrected chi connectivity index (χ2v) is 4.58. The lowest BCUT2D eigenvalue weighted by atomic mass is 10.2. The second-order valence-electron chi connectivity index (χ2n) is 4.58. The van der Waals surface area contributed by atoms with Crippen LogP contribution in [-0.4, -0.2) is 15.8 Å². The van der Waals surface area contributed by atoms with E-state index in [1.807, 2.05) is 4.68 Å². The molecule has 2 rings (SSSR count). The molecule has 1 fully saturated rings. The van der Waals surface area contributed by atoms with Crippen LogP contribution in [0.2, 0.25) is 0 Å². The Labute approximate surface area is 85.5 Å². The summed E-state index contributed by atoms with van der Waals surface area (Å²) in [5.41, 5.74) is 1.16. The molecule has 0 saturated heterocycles. The Morgan fingerprint density at radius 3 is 3.00 bits per heavy atom. The number of nitrogens with zero attached hydrogens (tertiary/aromatic N) is 2. The molecule has 0 aliphatic heterocycles. The van der Waals surface area contributed by atoms with E-state index in [1.54, 1.807) is 0 Å². The van der Waals surface area contributed by atoms with Gasteiger partial charge in [0.25, 0.3) is 0 Å². The lowest BCUT2D eigenvalue weighted by molar-refractivity contribution is 0.477. The van der Waals surface area contributed by atoms with Crippen LogP contribution in [0.4, 0.5) is 0 Å². The first-order valence-electron chi connectivity index (χ1n) is 5.50. The molecule has 0 radical (unpaired) electrons. The van der Waals surface area contributed by atoms with Gasteiger partial charge in [-0.15, -0.1) is 0 Å². The Morgan fingerprint density at radius 2 is 2.36 bits per heavy atom. The molecule has 3 nitrogen and oxygen atoms in total. The van der Waals surface area contributed by atoms with E-state index in [1.165, 1.54) is 12.8 Å². The van der Waals surface area contributed by atoms with Gasteiger partial charge in [0, 0.05) is 25.3 Å². The smallest absolute Gasteiger partial charge is 0.0762 e. The van der Waals surface area contributed by atoms with Crippen LogP contribution in [0.5, 0.6) is 0 Å². The summed E-state index contributed by atoms with van der Waals surface area (Å²) in [6.45, 7) is 6.37. The summed E-state index contributed by atoms with van der Waals surface area (Å²) in [6.07, 6.45) is 4.75. The first-order chi connectivity index (χ1) is 6.74. The second kappa shape index (κ2) is 4.13. The van der Waals surface area contributed by atoms with E-state index in [0.717, 1.165) is 24.8 Å². The van der Waals surface area contributed by atoms with E-state index in [-0.39, 0.29) is 0 Å². The Bertz CT molecular complexity index is 286. The van der Waals surface area contributed by atoms with E-state index in [2.05, 4.69) is 36.5 Å². The zero-order chi connectivity index (χ0) is 9.97. The third-order valence-corrected chi connectivity index (χ3v) is 2.40. The molecule has 1 heterocycles. The minimum atomic E-state index is 0.666. The number of hydrogen-bond acceptors (Lipinski definition) is 2. The maximum atomic E-state index is 4.50. The summed E-state index contributed by atoms with van der Waals surface area (Å²) in [6, 6.07) is 2.88. The van der Waals surface area contributed by atoms with Crippen LogP contribution in [0.1, 0.15) is 32.4 Å². The van der Waals surface area contributed by atoms with Crippen molar-refractivity contribution < 1.29 is 0 Å². The average Bonchev–Trinajstić information content (AvgIpc) is 2.84.